The quantitative estimate of drug-likeness (QED) is 0.548. The molecule has 0 aromatic heterocycles. The molecule has 0 amide bonds. The van der Waals surface area contributed by atoms with E-state index in [-0.39, 0.29) is 0 Å². The van der Waals surface area contributed by atoms with Gasteiger partial charge in [-0.1, -0.05) is 39.6 Å². The van der Waals surface area contributed by atoms with E-state index < -0.39 is 0 Å². The molecule has 0 bridgehead atoms. The van der Waals surface area contributed by atoms with E-state index in [4.69, 9.17) is 4.74 Å². The van der Waals surface area contributed by atoms with Crippen LogP contribution in [0.15, 0.2) is 0 Å². The molecule has 1 N–H and O–H groups in total. The van der Waals surface area contributed by atoms with Crippen LogP contribution in [0.2, 0.25) is 0 Å². The lowest BCUT2D eigenvalue weighted by atomic mass is 9.92. The first kappa shape index (κ1) is 17.3. The fourth-order valence-corrected chi connectivity index (χ4v) is 2.95. The molecule has 3 nitrogen and oxygen atoms in total. The summed E-state index contributed by atoms with van der Waals surface area (Å²) in [5.41, 5.74) is 0.423. The van der Waals surface area contributed by atoms with Gasteiger partial charge in [-0.05, 0) is 37.3 Å². The Morgan fingerprint density at radius 2 is 1.95 bits per heavy atom. The van der Waals surface area contributed by atoms with Crippen LogP contribution in [0.25, 0.3) is 0 Å². The molecule has 0 unspecified atom stereocenters. The van der Waals surface area contributed by atoms with Gasteiger partial charge in [-0.3, -0.25) is 4.72 Å². The van der Waals surface area contributed by atoms with Gasteiger partial charge in [0.1, 0.15) is 0 Å². The summed E-state index contributed by atoms with van der Waals surface area (Å²) in [5.74, 6) is 1.89. The maximum atomic E-state index is 5.76. The highest BCUT2D eigenvalue weighted by molar-refractivity contribution is 7.97. The average molecular weight is 289 g/mol. The molecule has 114 valence electrons. The number of ether oxygens (including phenoxy) is 1. The van der Waals surface area contributed by atoms with Gasteiger partial charge >= 0.3 is 0 Å². The van der Waals surface area contributed by atoms with E-state index in [1.54, 1.807) is 11.9 Å². The minimum Gasteiger partial charge on any atom is -0.380 e. The van der Waals surface area contributed by atoms with Crippen molar-refractivity contribution < 1.29 is 4.74 Å². The monoisotopic (exact) mass is 288 g/mol. The van der Waals surface area contributed by atoms with Crippen LogP contribution >= 0.6 is 11.9 Å². The first-order valence-electron chi connectivity index (χ1n) is 7.66. The molecule has 0 aliphatic carbocycles. The highest BCUT2D eigenvalue weighted by Crippen LogP contribution is 2.22. The van der Waals surface area contributed by atoms with Crippen molar-refractivity contribution in [2.45, 2.75) is 40.5 Å². The summed E-state index contributed by atoms with van der Waals surface area (Å²) in [5, 5.41) is 0. The Morgan fingerprint density at radius 1 is 1.26 bits per heavy atom. The van der Waals surface area contributed by atoms with Crippen LogP contribution in [0.4, 0.5) is 0 Å². The van der Waals surface area contributed by atoms with Crippen LogP contribution in [0.5, 0.6) is 0 Å². The average Bonchev–Trinajstić information content (AvgIpc) is 2.34. The topological polar surface area (TPSA) is 24.5 Å². The molecule has 0 aromatic rings. The highest BCUT2D eigenvalue weighted by atomic mass is 32.2. The van der Waals surface area contributed by atoms with E-state index in [1.807, 2.05) is 0 Å². The number of rotatable bonds is 8. The third kappa shape index (κ3) is 8.90. The van der Waals surface area contributed by atoms with Gasteiger partial charge in [0.2, 0.25) is 0 Å². The zero-order chi connectivity index (χ0) is 14.1. The second kappa shape index (κ2) is 9.22. The second-order valence-corrected chi connectivity index (χ2v) is 7.84. The van der Waals surface area contributed by atoms with Gasteiger partial charge in [0.05, 0.1) is 6.61 Å². The predicted octanol–water partition coefficient (Wildman–Crippen LogP) is 3.02. The van der Waals surface area contributed by atoms with Crippen molar-refractivity contribution in [1.29, 1.82) is 0 Å². The van der Waals surface area contributed by atoms with E-state index in [0.717, 1.165) is 31.4 Å². The van der Waals surface area contributed by atoms with Crippen LogP contribution in [0, 0.1) is 11.3 Å². The van der Waals surface area contributed by atoms with Gasteiger partial charge in [0, 0.05) is 25.4 Å². The molecule has 0 atom stereocenters. The van der Waals surface area contributed by atoms with Crippen LogP contribution in [-0.4, -0.2) is 50.0 Å². The number of likely N-dealkylation sites (tertiary alicyclic amines) is 1. The lowest BCUT2D eigenvalue weighted by Crippen LogP contribution is -2.40. The molecular weight excluding hydrogens is 256 g/mol. The summed E-state index contributed by atoms with van der Waals surface area (Å²) in [6.45, 7) is 15.6. The number of hydrogen-bond acceptors (Lipinski definition) is 4. The summed E-state index contributed by atoms with van der Waals surface area (Å²) in [7, 11) is 0. The first-order chi connectivity index (χ1) is 9.01. The molecule has 1 aliphatic rings. The van der Waals surface area contributed by atoms with Gasteiger partial charge in [-0.2, -0.15) is 0 Å². The largest absolute Gasteiger partial charge is 0.380 e. The molecule has 0 aromatic carbocycles. The standard InChI is InChI=1S/C15H32N2OS/c1-5-19-16-8-11-18-12-14-6-9-17(10-7-14)13-15(2,3)4/h14,16H,5-13H2,1-4H3. The minimum atomic E-state index is 0.423. The fraction of sp³-hybridized carbons (Fsp3) is 1.00. The normalized spacial score (nSPS) is 18.9. The first-order valence-corrected chi connectivity index (χ1v) is 8.64. The molecule has 0 spiro atoms. The van der Waals surface area contributed by atoms with Crippen molar-refractivity contribution >= 4 is 11.9 Å². The molecule has 1 rings (SSSR count). The number of nitrogens with one attached hydrogen (secondary N) is 1. The molecular formula is C15H32N2OS. The van der Waals surface area contributed by atoms with Crippen LogP contribution in [-0.2, 0) is 4.74 Å². The Balaban J connectivity index is 2.01. The van der Waals surface area contributed by atoms with E-state index in [9.17, 15) is 0 Å². The third-order valence-electron chi connectivity index (χ3n) is 3.35. The predicted molar refractivity (Wildman–Crippen MR) is 85.6 cm³/mol. The van der Waals surface area contributed by atoms with Crippen LogP contribution in [0.1, 0.15) is 40.5 Å². The molecule has 1 aliphatic heterocycles. The summed E-state index contributed by atoms with van der Waals surface area (Å²) < 4.78 is 9.05. The summed E-state index contributed by atoms with van der Waals surface area (Å²) in [6.07, 6.45) is 2.60. The molecule has 0 radical (unpaired) electrons. The van der Waals surface area contributed by atoms with E-state index >= 15 is 0 Å². The number of hydrogen-bond donors (Lipinski definition) is 1. The maximum Gasteiger partial charge on any atom is 0.0600 e. The van der Waals surface area contributed by atoms with Gasteiger partial charge in [0.15, 0.2) is 0 Å². The van der Waals surface area contributed by atoms with Crippen LogP contribution < -0.4 is 4.72 Å². The summed E-state index contributed by atoms with van der Waals surface area (Å²) >= 11 is 1.76. The number of piperidine rings is 1. The molecule has 19 heavy (non-hydrogen) atoms. The Hall–Kier alpha value is 0.230. The van der Waals surface area contributed by atoms with Crippen molar-refractivity contribution in [2.24, 2.45) is 11.3 Å². The van der Waals surface area contributed by atoms with Gasteiger partial charge in [-0.15, -0.1) is 0 Å². The Labute approximate surface area is 124 Å². The summed E-state index contributed by atoms with van der Waals surface area (Å²) in [6, 6.07) is 0. The highest BCUT2D eigenvalue weighted by Gasteiger charge is 2.22. The SMILES string of the molecule is CCSNCCOCC1CCN(CC(C)(C)C)CC1. The lowest BCUT2D eigenvalue weighted by Gasteiger charge is -2.35. The Kier molecular flexibility index (Phi) is 8.38. The van der Waals surface area contributed by atoms with Gasteiger partial charge in [0.25, 0.3) is 0 Å². The van der Waals surface area contributed by atoms with E-state index in [1.165, 1.54) is 32.5 Å². The van der Waals surface area contributed by atoms with Crippen molar-refractivity contribution in [1.82, 2.24) is 9.62 Å². The zero-order valence-electron chi connectivity index (χ0n) is 13.2. The molecule has 0 saturated carbocycles. The molecule has 1 saturated heterocycles. The second-order valence-electron chi connectivity index (χ2n) is 6.68. The minimum absolute atomic E-state index is 0.423. The van der Waals surface area contributed by atoms with E-state index in [2.05, 4.69) is 37.3 Å². The zero-order valence-corrected chi connectivity index (χ0v) is 14.0. The third-order valence-corrected chi connectivity index (χ3v) is 4.05. The fourth-order valence-electron chi connectivity index (χ4n) is 2.52. The molecule has 4 heteroatoms. The summed E-state index contributed by atoms with van der Waals surface area (Å²) in [4.78, 5) is 2.61. The van der Waals surface area contributed by atoms with Crippen molar-refractivity contribution in [3.05, 3.63) is 0 Å². The van der Waals surface area contributed by atoms with E-state index in [0.29, 0.717) is 5.41 Å². The van der Waals surface area contributed by atoms with Crippen molar-refractivity contribution in [3.63, 3.8) is 0 Å². The maximum absolute atomic E-state index is 5.76. The molecule has 1 fully saturated rings. The number of nitrogens with zero attached hydrogens (tertiary/aromatic N) is 1. The Morgan fingerprint density at radius 3 is 2.53 bits per heavy atom. The van der Waals surface area contributed by atoms with Gasteiger partial charge in [-0.25, -0.2) is 0 Å². The molecule has 1 heterocycles. The van der Waals surface area contributed by atoms with Crippen molar-refractivity contribution in [2.75, 3.05) is 45.1 Å². The Bertz CT molecular complexity index is 223. The smallest absolute Gasteiger partial charge is 0.0600 e. The van der Waals surface area contributed by atoms with Crippen molar-refractivity contribution in [3.8, 4) is 0 Å². The lowest BCUT2D eigenvalue weighted by molar-refractivity contribution is 0.0615. The van der Waals surface area contributed by atoms with Gasteiger partial charge < -0.3 is 9.64 Å². The van der Waals surface area contributed by atoms with Crippen LogP contribution in [0.3, 0.4) is 0 Å².